The van der Waals surface area contributed by atoms with E-state index in [1.54, 1.807) is 71.1 Å². The van der Waals surface area contributed by atoms with Crippen LogP contribution in [0.1, 0.15) is 76.3 Å². The Morgan fingerprint density at radius 1 is 1.12 bits per heavy atom. The quantitative estimate of drug-likeness (QED) is 0.0910. The molecular weight excluding hydrogens is 691 g/mol. The van der Waals surface area contributed by atoms with Crippen LogP contribution in [0.2, 0.25) is 19.1 Å². The first-order chi connectivity index (χ1) is 23.6. The number of rotatable bonds is 9. The number of pyridine rings is 2. The van der Waals surface area contributed by atoms with Crippen molar-refractivity contribution >= 4 is 43.0 Å². The van der Waals surface area contributed by atoms with Crippen molar-refractivity contribution in [1.29, 1.82) is 0 Å². The van der Waals surface area contributed by atoms with E-state index >= 15 is 0 Å². The number of alkyl carbamates (subject to hydrolysis) is 1. The van der Waals surface area contributed by atoms with Crippen molar-refractivity contribution in [1.82, 2.24) is 14.9 Å². The summed E-state index contributed by atoms with van der Waals surface area (Å²) in [4.78, 5) is 70.3. The number of alkyl halides is 3. The normalized spacial score (nSPS) is 18.3. The lowest BCUT2D eigenvalue weighted by Gasteiger charge is -2.43. The fourth-order valence-corrected chi connectivity index (χ4v) is 9.07. The van der Waals surface area contributed by atoms with Crippen molar-refractivity contribution in [2.75, 3.05) is 6.54 Å². The smallest absolute Gasteiger partial charge is 0.407 e. The van der Waals surface area contributed by atoms with Gasteiger partial charge in [0.2, 0.25) is 5.60 Å². The number of fused-ring (bicyclic) bond motifs is 5. The van der Waals surface area contributed by atoms with Crippen LogP contribution in [-0.4, -0.2) is 59.9 Å². The zero-order valence-electron chi connectivity index (χ0n) is 29.4. The fourth-order valence-electron chi connectivity index (χ4n) is 6.39. The molecule has 0 aliphatic carbocycles. The number of cyclic esters (lactones) is 1. The summed E-state index contributed by atoms with van der Waals surface area (Å²) in [5, 5.41) is 3.08. The van der Waals surface area contributed by atoms with Crippen molar-refractivity contribution in [2.24, 2.45) is 0 Å². The number of ether oxygens (including phenoxy) is 4. The van der Waals surface area contributed by atoms with Crippen LogP contribution >= 0.6 is 0 Å². The van der Waals surface area contributed by atoms with Gasteiger partial charge in [0.25, 0.3) is 5.56 Å². The Labute approximate surface area is 292 Å². The van der Waals surface area contributed by atoms with Crippen LogP contribution in [0.4, 0.5) is 18.0 Å². The molecule has 2 atom stereocenters. The predicted octanol–water partition coefficient (Wildman–Crippen LogP) is 6.21. The highest BCUT2D eigenvalue weighted by atomic mass is 28.3. The molecule has 0 radical (unpaired) electrons. The van der Waals surface area contributed by atoms with Gasteiger partial charge >= 0.3 is 30.2 Å². The maximum Gasteiger partial charge on any atom is 0.407 e. The van der Waals surface area contributed by atoms with Crippen LogP contribution in [0, 0.1) is 0 Å². The number of amides is 1. The second-order valence-electron chi connectivity index (χ2n) is 14.4. The lowest BCUT2D eigenvalue weighted by molar-refractivity contribution is -0.190. The topological polar surface area (TPSA) is 152 Å². The van der Waals surface area contributed by atoms with Gasteiger partial charge in [0, 0.05) is 36.4 Å². The third kappa shape index (κ3) is 7.79. The van der Waals surface area contributed by atoms with Gasteiger partial charge in [0.05, 0.1) is 35.4 Å². The minimum Gasteiger partial charge on any atom is -0.458 e. The molecular formula is C35H40F3N3O9Si. The molecule has 3 aromatic rings. The molecule has 16 heteroatoms. The first-order valence-electron chi connectivity index (χ1n) is 16.5. The molecule has 2 aromatic heterocycles. The van der Waals surface area contributed by atoms with E-state index in [0.717, 1.165) is 0 Å². The average molecular weight is 732 g/mol. The van der Waals surface area contributed by atoms with Gasteiger partial charge in [-0.25, -0.2) is 14.6 Å². The summed E-state index contributed by atoms with van der Waals surface area (Å²) in [7, 11) is -3.21. The number of nitrogens with one attached hydrogen (secondary N) is 1. The SMILES string of the molecule is CCC1(OC(=O)CCNC(=O)OC(C)(C)C)C(=O)OC([Si](C)(C)CCC(F)(F)F)c2c1cc1n(c2=O)Cc2cc3cc(OC(C)=O)ccc3nc2-1. The predicted molar refractivity (Wildman–Crippen MR) is 181 cm³/mol. The van der Waals surface area contributed by atoms with E-state index in [4.69, 9.17) is 23.9 Å². The fraction of sp³-hybridized carbons (Fsp3) is 0.486. The van der Waals surface area contributed by atoms with Crippen molar-refractivity contribution in [3.8, 4) is 17.1 Å². The van der Waals surface area contributed by atoms with Crippen molar-refractivity contribution in [3.63, 3.8) is 0 Å². The largest absolute Gasteiger partial charge is 0.458 e. The molecule has 4 heterocycles. The van der Waals surface area contributed by atoms with Crippen molar-refractivity contribution < 1.29 is 51.3 Å². The molecule has 1 amide bonds. The zero-order valence-corrected chi connectivity index (χ0v) is 30.4. The number of nitrogens with zero attached hydrogens (tertiary/aromatic N) is 2. The number of hydrogen-bond donors (Lipinski definition) is 1. The number of esters is 3. The molecule has 51 heavy (non-hydrogen) atoms. The number of benzene rings is 1. The van der Waals surface area contributed by atoms with Crippen LogP contribution in [-0.2, 0) is 40.7 Å². The average Bonchev–Trinajstić information content (AvgIpc) is 3.36. The maximum absolute atomic E-state index is 14.5. The summed E-state index contributed by atoms with van der Waals surface area (Å²) in [5.41, 5.74) is -2.88. The summed E-state index contributed by atoms with van der Waals surface area (Å²) in [6, 6.07) is 7.87. The maximum atomic E-state index is 14.5. The zero-order chi connectivity index (χ0) is 37.7. The Hall–Kier alpha value is -4.73. The molecule has 0 saturated heterocycles. The third-order valence-electron chi connectivity index (χ3n) is 8.83. The van der Waals surface area contributed by atoms with Gasteiger partial charge in [-0.15, -0.1) is 0 Å². The Morgan fingerprint density at radius 2 is 1.82 bits per heavy atom. The van der Waals surface area contributed by atoms with Crippen LogP contribution in [0.25, 0.3) is 22.3 Å². The van der Waals surface area contributed by atoms with E-state index in [9.17, 15) is 37.1 Å². The van der Waals surface area contributed by atoms with E-state index < -0.39 is 67.2 Å². The van der Waals surface area contributed by atoms with E-state index in [1.165, 1.54) is 11.5 Å². The van der Waals surface area contributed by atoms with E-state index in [-0.39, 0.29) is 43.1 Å². The molecule has 12 nitrogen and oxygen atoms in total. The number of hydrogen-bond acceptors (Lipinski definition) is 10. The second kappa shape index (κ2) is 13.4. The highest BCUT2D eigenvalue weighted by Crippen LogP contribution is 2.48. The van der Waals surface area contributed by atoms with Gasteiger partial charge in [0.15, 0.2) is 0 Å². The summed E-state index contributed by atoms with van der Waals surface area (Å²) >= 11 is 0. The molecule has 274 valence electrons. The van der Waals surface area contributed by atoms with Crippen LogP contribution in [0.5, 0.6) is 5.75 Å². The number of carbonyl (C=O) groups excluding carboxylic acids is 4. The lowest BCUT2D eigenvalue weighted by Crippen LogP contribution is -2.54. The first-order valence-corrected chi connectivity index (χ1v) is 19.8. The molecule has 2 aliphatic heterocycles. The monoisotopic (exact) mass is 731 g/mol. The van der Waals surface area contributed by atoms with Crippen molar-refractivity contribution in [3.05, 3.63) is 57.4 Å². The van der Waals surface area contributed by atoms with Gasteiger partial charge in [-0.2, -0.15) is 13.2 Å². The Bertz CT molecular complexity index is 1990. The van der Waals surface area contributed by atoms with Crippen LogP contribution in [0.3, 0.4) is 0 Å². The van der Waals surface area contributed by atoms with Crippen LogP contribution < -0.4 is 15.6 Å². The Kier molecular flexibility index (Phi) is 9.88. The first kappa shape index (κ1) is 37.5. The molecule has 5 rings (SSSR count). The van der Waals surface area contributed by atoms with Gasteiger partial charge in [0.1, 0.15) is 25.2 Å². The van der Waals surface area contributed by atoms with Crippen LogP contribution in [0.15, 0.2) is 35.1 Å². The highest BCUT2D eigenvalue weighted by Gasteiger charge is 2.56. The van der Waals surface area contributed by atoms with E-state index in [1.807, 2.05) is 0 Å². The summed E-state index contributed by atoms with van der Waals surface area (Å²) in [6.07, 6.45) is -6.89. The van der Waals surface area contributed by atoms with Gasteiger partial charge in [-0.3, -0.25) is 14.4 Å². The third-order valence-corrected chi connectivity index (χ3v) is 12.2. The Balaban J connectivity index is 1.60. The Morgan fingerprint density at radius 3 is 2.45 bits per heavy atom. The van der Waals surface area contributed by atoms with Gasteiger partial charge < -0.3 is 28.8 Å². The number of carbonyl (C=O) groups is 4. The number of halogens is 3. The molecule has 2 unspecified atom stereocenters. The lowest BCUT2D eigenvalue weighted by atomic mass is 9.85. The molecule has 0 bridgehead atoms. The molecule has 1 aromatic carbocycles. The van der Waals surface area contributed by atoms with E-state index in [0.29, 0.717) is 33.6 Å². The standard InChI is InChI=1S/C35H40F3N3O9Si/c1-8-34(49-26(43)11-13-39-32(46)50-33(3,4)5)23-17-25-28-21(15-20-16-22(47-19(2)42)9-10-24(20)40-28)18-41(25)29(44)27(23)30(48-31(34)45)51(6,7)14-12-35(36,37)38/h9-10,15-17,30H,8,11-14,18H2,1-7H3,(H,39,46). The molecule has 2 aliphatic rings. The van der Waals surface area contributed by atoms with E-state index in [2.05, 4.69) is 5.32 Å². The molecule has 1 N–H and O–H groups in total. The molecule has 0 spiro atoms. The minimum absolute atomic E-state index is 0.0310. The second-order valence-corrected chi connectivity index (χ2v) is 19.4. The van der Waals surface area contributed by atoms with Gasteiger partial charge in [-0.05, 0) is 63.6 Å². The summed E-state index contributed by atoms with van der Waals surface area (Å²) < 4.78 is 63.8. The molecule has 0 saturated carbocycles. The summed E-state index contributed by atoms with van der Waals surface area (Å²) in [5.74, 6) is -2.09. The highest BCUT2D eigenvalue weighted by molar-refractivity contribution is 6.78. The van der Waals surface area contributed by atoms with Crippen molar-refractivity contribution in [2.45, 2.75) is 103 Å². The minimum atomic E-state index is -4.47. The van der Waals surface area contributed by atoms with Gasteiger partial charge in [-0.1, -0.05) is 20.0 Å². The number of aromatic nitrogens is 2. The summed E-state index contributed by atoms with van der Waals surface area (Å²) in [6.45, 7) is 11.0. The molecule has 0 fully saturated rings.